The molecule has 1 saturated carbocycles. The quantitative estimate of drug-likeness (QED) is 0.350. The number of hydrogen-bond donors (Lipinski definition) is 2. The molecule has 0 unspecified atom stereocenters. The number of ether oxygens (including phenoxy) is 1. The van der Waals surface area contributed by atoms with Gasteiger partial charge in [-0.2, -0.15) is 0 Å². The summed E-state index contributed by atoms with van der Waals surface area (Å²) in [5, 5.41) is 5.46. The van der Waals surface area contributed by atoms with Crippen LogP contribution in [0.2, 0.25) is 0 Å². The molecule has 208 valence electrons. The van der Waals surface area contributed by atoms with E-state index in [1.807, 2.05) is 63.2 Å². The lowest BCUT2D eigenvalue weighted by Gasteiger charge is -2.37. The van der Waals surface area contributed by atoms with Gasteiger partial charge in [0.15, 0.2) is 11.5 Å². The summed E-state index contributed by atoms with van der Waals surface area (Å²) in [6, 6.07) is 18.3. The van der Waals surface area contributed by atoms with Crippen molar-refractivity contribution >= 4 is 23.1 Å². The third-order valence-corrected chi connectivity index (χ3v) is 8.10. The number of nitrogens with two attached hydrogens (primary N) is 1. The number of aromatic nitrogens is 4. The van der Waals surface area contributed by atoms with E-state index in [1.165, 1.54) is 0 Å². The number of carbonyl (C=O) groups is 1. The molecule has 1 aliphatic carbocycles. The van der Waals surface area contributed by atoms with Gasteiger partial charge < -0.3 is 20.8 Å². The van der Waals surface area contributed by atoms with Crippen LogP contribution in [-0.4, -0.2) is 50.5 Å². The smallest absolute Gasteiger partial charge is 0.407 e. The van der Waals surface area contributed by atoms with Crippen molar-refractivity contribution in [2.45, 2.75) is 64.5 Å². The number of anilines is 1. The minimum absolute atomic E-state index is 0.143. The maximum absolute atomic E-state index is 12.3. The lowest BCUT2D eigenvalue weighted by Crippen LogP contribution is -2.44. The summed E-state index contributed by atoms with van der Waals surface area (Å²) in [5.74, 6) is 1.21. The summed E-state index contributed by atoms with van der Waals surface area (Å²) in [5.41, 5.74) is 10.4. The van der Waals surface area contributed by atoms with Crippen LogP contribution in [0.5, 0.6) is 0 Å². The summed E-state index contributed by atoms with van der Waals surface area (Å²) in [7, 11) is 0. The molecule has 1 amide bonds. The lowest BCUT2D eigenvalue weighted by atomic mass is 9.72. The molecule has 0 atom stereocenters. The second-order valence-electron chi connectivity index (χ2n) is 12.1. The molecule has 0 bridgehead atoms. The number of rotatable bonds is 4. The third-order valence-electron chi connectivity index (χ3n) is 8.10. The number of nitrogens with one attached hydrogen (secondary N) is 1. The molecule has 3 N–H and O–H groups in total. The molecule has 1 saturated heterocycles. The van der Waals surface area contributed by atoms with Crippen LogP contribution < -0.4 is 16.1 Å². The van der Waals surface area contributed by atoms with Crippen LogP contribution in [0.4, 0.5) is 10.6 Å². The van der Waals surface area contributed by atoms with Crippen molar-refractivity contribution in [3.8, 4) is 22.6 Å². The number of imidazole rings is 1. The van der Waals surface area contributed by atoms with Crippen LogP contribution in [0.25, 0.3) is 33.8 Å². The first-order valence-electron chi connectivity index (χ1n) is 14.1. The van der Waals surface area contributed by atoms with Gasteiger partial charge in [0.25, 0.3) is 0 Å². The Hall–Kier alpha value is -4.14. The van der Waals surface area contributed by atoms with Crippen LogP contribution in [-0.2, 0) is 4.74 Å². The molecule has 1 aliphatic heterocycles. The van der Waals surface area contributed by atoms with E-state index in [-0.39, 0.29) is 17.6 Å². The number of nitrogen functional groups attached to an aromatic ring is 1. The van der Waals surface area contributed by atoms with E-state index in [2.05, 4.69) is 32.1 Å². The van der Waals surface area contributed by atoms with Crippen LogP contribution in [0.1, 0.15) is 52.9 Å². The Bertz CT molecular complexity index is 1520. The van der Waals surface area contributed by atoms with Gasteiger partial charge in [0.05, 0.1) is 11.3 Å². The van der Waals surface area contributed by atoms with Crippen LogP contribution in [0, 0.1) is 5.41 Å². The zero-order valence-electron chi connectivity index (χ0n) is 23.4. The molecule has 3 aromatic heterocycles. The standard InChI is InChI=1S/C31H37N7O2/c1-30(2,3)40-29(39)34-22-13-15-31(16-14-22)17-19-37(20-31)38-27(23-10-7-18-33-26(23)32)36-25-12-11-24(35-28(25)38)21-8-5-4-6-9-21/h4-12,18,22H,13-17,19-20H2,1-3H3,(H2,32,33)(H,34,39). The maximum atomic E-state index is 12.3. The Morgan fingerprint density at radius 1 is 1.02 bits per heavy atom. The summed E-state index contributed by atoms with van der Waals surface area (Å²) < 4.78 is 7.64. The molecule has 0 radical (unpaired) electrons. The van der Waals surface area contributed by atoms with Gasteiger partial charge in [-0.05, 0) is 82.6 Å². The lowest BCUT2D eigenvalue weighted by molar-refractivity contribution is 0.0473. The van der Waals surface area contributed by atoms with E-state index in [0.717, 1.165) is 79.0 Å². The minimum Gasteiger partial charge on any atom is -0.444 e. The number of hydrogen-bond acceptors (Lipinski definition) is 7. The molecule has 2 aliphatic rings. The highest BCUT2D eigenvalue weighted by Crippen LogP contribution is 2.44. The second-order valence-corrected chi connectivity index (χ2v) is 12.1. The monoisotopic (exact) mass is 539 g/mol. The predicted molar refractivity (Wildman–Crippen MR) is 157 cm³/mol. The summed E-state index contributed by atoms with van der Waals surface area (Å²) in [6.07, 6.45) is 6.42. The average Bonchev–Trinajstić information content (AvgIpc) is 3.51. The fraction of sp³-hybridized carbons (Fsp3) is 0.419. The largest absolute Gasteiger partial charge is 0.444 e. The maximum Gasteiger partial charge on any atom is 0.407 e. The van der Waals surface area contributed by atoms with Crippen molar-refractivity contribution in [2.75, 3.05) is 23.8 Å². The highest BCUT2D eigenvalue weighted by molar-refractivity contribution is 5.82. The Morgan fingerprint density at radius 3 is 2.52 bits per heavy atom. The fourth-order valence-electron chi connectivity index (χ4n) is 6.10. The van der Waals surface area contributed by atoms with Crippen molar-refractivity contribution in [2.24, 2.45) is 5.41 Å². The molecular weight excluding hydrogens is 502 g/mol. The summed E-state index contributed by atoms with van der Waals surface area (Å²) in [6.45, 7) is 7.45. The van der Waals surface area contributed by atoms with Gasteiger partial charge in [-0.15, -0.1) is 0 Å². The zero-order chi connectivity index (χ0) is 27.9. The first kappa shape index (κ1) is 26.1. The number of carbonyl (C=O) groups excluding carboxylic acids is 1. The molecule has 40 heavy (non-hydrogen) atoms. The number of alkyl carbamates (subject to hydrolysis) is 1. The molecule has 1 spiro atoms. The molecule has 9 heteroatoms. The number of amides is 1. The number of benzene rings is 1. The average molecular weight is 540 g/mol. The van der Waals surface area contributed by atoms with Crippen LogP contribution in [0.3, 0.4) is 0 Å². The normalized spacial score (nSPS) is 21.2. The van der Waals surface area contributed by atoms with Gasteiger partial charge in [-0.25, -0.2) is 24.4 Å². The topological polar surface area (TPSA) is 111 Å². The van der Waals surface area contributed by atoms with Crippen molar-refractivity contribution in [1.29, 1.82) is 0 Å². The van der Waals surface area contributed by atoms with Gasteiger partial charge in [0, 0.05) is 30.9 Å². The molecular formula is C31H37N7O2. The van der Waals surface area contributed by atoms with E-state index >= 15 is 0 Å². The van der Waals surface area contributed by atoms with E-state index < -0.39 is 5.60 Å². The molecule has 1 aromatic carbocycles. The van der Waals surface area contributed by atoms with Gasteiger partial charge in [-0.1, -0.05) is 30.3 Å². The van der Waals surface area contributed by atoms with Gasteiger partial charge in [0.1, 0.15) is 16.9 Å². The Balaban J connectivity index is 1.29. The molecule has 9 nitrogen and oxygen atoms in total. The van der Waals surface area contributed by atoms with E-state index in [9.17, 15) is 4.79 Å². The van der Waals surface area contributed by atoms with Gasteiger partial charge in [0.2, 0.25) is 0 Å². The van der Waals surface area contributed by atoms with E-state index in [0.29, 0.717) is 5.82 Å². The number of fused-ring (bicyclic) bond motifs is 1. The molecule has 2 fully saturated rings. The molecule has 4 heterocycles. The van der Waals surface area contributed by atoms with Gasteiger partial charge in [-0.3, -0.25) is 0 Å². The minimum atomic E-state index is -0.497. The SMILES string of the molecule is CC(C)(C)OC(=O)NC1CCC2(CC1)CCN(n1c(-c3cccnc3N)nc3ccc(-c4ccccc4)nc31)C2. The first-order valence-corrected chi connectivity index (χ1v) is 14.1. The first-order chi connectivity index (χ1) is 19.2. The summed E-state index contributed by atoms with van der Waals surface area (Å²) >= 11 is 0. The van der Waals surface area contributed by atoms with Crippen LogP contribution >= 0.6 is 0 Å². The fourth-order valence-corrected chi connectivity index (χ4v) is 6.10. The highest BCUT2D eigenvalue weighted by atomic mass is 16.6. The zero-order valence-corrected chi connectivity index (χ0v) is 23.4. The van der Waals surface area contributed by atoms with Crippen molar-refractivity contribution in [3.05, 3.63) is 60.8 Å². The van der Waals surface area contributed by atoms with E-state index in [1.54, 1.807) is 6.20 Å². The Kier molecular flexibility index (Phi) is 6.60. The third kappa shape index (κ3) is 5.20. The molecule has 4 aromatic rings. The molecule has 6 rings (SSSR count). The highest BCUT2D eigenvalue weighted by Gasteiger charge is 2.42. The Labute approximate surface area is 234 Å². The van der Waals surface area contributed by atoms with Crippen molar-refractivity contribution in [3.63, 3.8) is 0 Å². The second kappa shape index (κ2) is 10.1. The van der Waals surface area contributed by atoms with Crippen molar-refractivity contribution in [1.82, 2.24) is 24.9 Å². The van der Waals surface area contributed by atoms with Crippen molar-refractivity contribution < 1.29 is 9.53 Å². The Morgan fingerprint density at radius 2 is 1.80 bits per heavy atom. The van der Waals surface area contributed by atoms with E-state index in [4.69, 9.17) is 20.4 Å². The summed E-state index contributed by atoms with van der Waals surface area (Å²) in [4.78, 5) is 26.8. The number of nitrogens with zero attached hydrogens (tertiary/aromatic N) is 5. The number of pyridine rings is 2. The van der Waals surface area contributed by atoms with Crippen LogP contribution in [0.15, 0.2) is 60.8 Å². The van der Waals surface area contributed by atoms with Gasteiger partial charge >= 0.3 is 6.09 Å². The predicted octanol–water partition coefficient (Wildman–Crippen LogP) is 5.54.